The van der Waals surface area contributed by atoms with Gasteiger partial charge in [0.15, 0.2) is 0 Å². The van der Waals surface area contributed by atoms with E-state index in [1.165, 1.54) is 54.8 Å². The predicted molar refractivity (Wildman–Crippen MR) is 295 cm³/mol. The minimum atomic E-state index is 1.11. The average Bonchev–Trinajstić information content (AvgIpc) is 3.94. The molecule has 0 unspecified atom stereocenters. The van der Waals surface area contributed by atoms with E-state index in [4.69, 9.17) is 0 Å². The molecule has 0 fully saturated rings. The third-order valence-electron chi connectivity index (χ3n) is 13.7. The number of rotatable bonds is 10. The van der Waals surface area contributed by atoms with Crippen molar-refractivity contribution in [1.82, 2.24) is 9.13 Å². The van der Waals surface area contributed by atoms with Crippen molar-refractivity contribution in [2.24, 2.45) is 0 Å². The number of hydrogen-bond donors (Lipinski definition) is 0. The molecule has 13 aromatic rings. The van der Waals surface area contributed by atoms with Crippen LogP contribution in [-0.2, 0) is 0 Å². The molecule has 13 rings (SSSR count). The van der Waals surface area contributed by atoms with Crippen LogP contribution in [0.4, 0.5) is 34.1 Å². The summed E-state index contributed by atoms with van der Waals surface area (Å²) in [5, 5.41) is 4.92. The van der Waals surface area contributed by atoms with Gasteiger partial charge in [0.2, 0.25) is 0 Å². The Morgan fingerprint density at radius 1 is 0.200 bits per heavy atom. The molecule has 0 aliphatic heterocycles. The fraction of sp³-hybridized carbons (Fsp3) is 0. The number of para-hydroxylation sites is 6. The molecule has 0 atom stereocenters. The molecule has 330 valence electrons. The lowest BCUT2D eigenvalue weighted by Crippen LogP contribution is -2.09. The van der Waals surface area contributed by atoms with Gasteiger partial charge in [-0.2, -0.15) is 0 Å². The van der Waals surface area contributed by atoms with E-state index in [0.717, 1.165) is 56.5 Å². The second-order valence-electron chi connectivity index (χ2n) is 17.8. The number of nitrogens with zero attached hydrogens (tertiary/aromatic N) is 4. The highest BCUT2D eigenvalue weighted by atomic mass is 15.2. The smallest absolute Gasteiger partial charge is 0.0561 e. The van der Waals surface area contributed by atoms with Gasteiger partial charge >= 0.3 is 0 Å². The zero-order chi connectivity index (χ0) is 46.4. The van der Waals surface area contributed by atoms with Gasteiger partial charge < -0.3 is 18.9 Å². The van der Waals surface area contributed by atoms with Crippen LogP contribution >= 0.6 is 0 Å². The minimum absolute atomic E-state index is 1.11. The Morgan fingerprint density at radius 2 is 0.529 bits per heavy atom. The zero-order valence-electron chi connectivity index (χ0n) is 38.3. The summed E-state index contributed by atoms with van der Waals surface area (Å²) < 4.78 is 4.81. The van der Waals surface area contributed by atoms with E-state index >= 15 is 0 Å². The highest BCUT2D eigenvalue weighted by molar-refractivity contribution is 6.11. The summed E-state index contributed by atoms with van der Waals surface area (Å²) >= 11 is 0. The summed E-state index contributed by atoms with van der Waals surface area (Å²) in [6.45, 7) is 0. The van der Waals surface area contributed by atoms with E-state index in [-0.39, 0.29) is 0 Å². The lowest BCUT2D eigenvalue weighted by atomic mass is 9.98. The van der Waals surface area contributed by atoms with Gasteiger partial charge in [0.05, 0.1) is 22.1 Å². The zero-order valence-corrected chi connectivity index (χ0v) is 38.3. The molecule has 0 saturated heterocycles. The molecule has 0 N–H and O–H groups in total. The number of benzene rings is 11. The van der Waals surface area contributed by atoms with Crippen LogP contribution in [0, 0.1) is 0 Å². The lowest BCUT2D eigenvalue weighted by Gasteiger charge is -2.25. The topological polar surface area (TPSA) is 16.3 Å². The molecule has 2 heterocycles. The van der Waals surface area contributed by atoms with Crippen LogP contribution in [-0.4, -0.2) is 9.13 Å². The lowest BCUT2D eigenvalue weighted by molar-refractivity contribution is 1.18. The van der Waals surface area contributed by atoms with Gasteiger partial charge in [0.25, 0.3) is 0 Å². The predicted octanol–water partition coefficient (Wildman–Crippen LogP) is 18.2. The molecule has 0 spiro atoms. The van der Waals surface area contributed by atoms with Crippen LogP contribution in [0.15, 0.2) is 279 Å². The molecule has 0 aliphatic rings. The number of fused-ring (bicyclic) bond motifs is 6. The Balaban J connectivity index is 0.840. The van der Waals surface area contributed by atoms with E-state index in [2.05, 4.69) is 298 Å². The normalized spacial score (nSPS) is 11.4. The molecule has 2 aromatic heterocycles. The fourth-order valence-electron chi connectivity index (χ4n) is 10.4. The fourth-order valence-corrected chi connectivity index (χ4v) is 10.4. The summed E-state index contributed by atoms with van der Waals surface area (Å²) in [5.41, 5.74) is 18.3. The van der Waals surface area contributed by atoms with Gasteiger partial charge in [0.1, 0.15) is 0 Å². The number of aromatic nitrogens is 2. The molecule has 70 heavy (non-hydrogen) atoms. The maximum absolute atomic E-state index is 2.41. The third kappa shape index (κ3) is 7.18. The van der Waals surface area contributed by atoms with E-state index in [1.54, 1.807) is 0 Å². The van der Waals surface area contributed by atoms with Gasteiger partial charge in [-0.3, -0.25) is 0 Å². The van der Waals surface area contributed by atoms with Gasteiger partial charge in [-0.1, -0.05) is 164 Å². The molecule has 0 aliphatic carbocycles. The van der Waals surface area contributed by atoms with Crippen molar-refractivity contribution < 1.29 is 0 Å². The van der Waals surface area contributed by atoms with Crippen molar-refractivity contribution in [1.29, 1.82) is 0 Å². The first kappa shape index (κ1) is 40.9. The van der Waals surface area contributed by atoms with Crippen LogP contribution in [0.1, 0.15) is 0 Å². The summed E-state index contributed by atoms with van der Waals surface area (Å²) in [6, 6.07) is 101. The molecular weight excluding hydrogens is 849 g/mol. The van der Waals surface area contributed by atoms with Gasteiger partial charge in [-0.15, -0.1) is 0 Å². The van der Waals surface area contributed by atoms with Crippen LogP contribution in [0.25, 0.3) is 77.2 Å². The Morgan fingerprint density at radius 3 is 0.900 bits per heavy atom. The van der Waals surface area contributed by atoms with Crippen LogP contribution < -0.4 is 9.80 Å². The van der Waals surface area contributed by atoms with Crippen LogP contribution in [0.3, 0.4) is 0 Å². The average molecular weight is 895 g/mol. The van der Waals surface area contributed by atoms with Crippen molar-refractivity contribution in [3.8, 4) is 33.6 Å². The van der Waals surface area contributed by atoms with Gasteiger partial charge in [-0.05, 0) is 138 Å². The summed E-state index contributed by atoms with van der Waals surface area (Å²) in [4.78, 5) is 4.66. The molecule has 4 nitrogen and oxygen atoms in total. The van der Waals surface area contributed by atoms with Crippen LogP contribution in [0.2, 0.25) is 0 Å². The summed E-state index contributed by atoms with van der Waals surface area (Å²) in [6.07, 6.45) is 0. The first-order valence-electron chi connectivity index (χ1n) is 23.9. The SMILES string of the molecule is c1ccc(N(c2ccccc2)c2ccc3c4ccccc4n(-c4ccc(-c5cccc(-c6ccc(-n7c8ccccc8c8ccc(N(c9ccccc9)c9ccccc9)cc87)cc6)c5)cc4)c3c2)cc1. The second kappa shape index (κ2) is 17.4. The highest BCUT2D eigenvalue weighted by Crippen LogP contribution is 2.42. The van der Waals surface area contributed by atoms with Crippen molar-refractivity contribution in [2.45, 2.75) is 0 Å². The Hall–Kier alpha value is -9.38. The quantitative estimate of drug-likeness (QED) is 0.136. The van der Waals surface area contributed by atoms with E-state index in [0.29, 0.717) is 0 Å². The monoisotopic (exact) mass is 894 g/mol. The number of hydrogen-bond acceptors (Lipinski definition) is 2. The first-order valence-corrected chi connectivity index (χ1v) is 23.9. The van der Waals surface area contributed by atoms with Crippen molar-refractivity contribution >= 4 is 77.7 Å². The third-order valence-corrected chi connectivity index (χ3v) is 13.7. The van der Waals surface area contributed by atoms with E-state index < -0.39 is 0 Å². The summed E-state index contributed by atoms with van der Waals surface area (Å²) in [5.74, 6) is 0. The molecule has 0 radical (unpaired) electrons. The standard InChI is InChI=1S/C66H46N4/c1-5-20-51(21-6-1)67(52-22-7-2-8-23-52)57-40-42-61-59-28-13-15-30-63(59)69(65(61)45-57)55-36-32-47(33-37-55)49-18-17-19-50(44-49)48-34-38-56(39-35-48)70-64-31-16-14-29-60(64)62-43-41-58(46-66(62)70)68(53-24-9-3-10-25-53)54-26-11-4-12-27-54/h1-46H. The molecule has 0 saturated carbocycles. The Kier molecular flexibility index (Phi) is 10.1. The van der Waals surface area contributed by atoms with Gasteiger partial charge in [0, 0.05) is 67.0 Å². The Bertz CT molecular complexity index is 3630. The number of anilines is 6. The first-order chi connectivity index (χ1) is 34.7. The van der Waals surface area contributed by atoms with Crippen LogP contribution in [0.5, 0.6) is 0 Å². The van der Waals surface area contributed by atoms with E-state index in [1.807, 2.05) is 0 Å². The maximum Gasteiger partial charge on any atom is 0.0561 e. The van der Waals surface area contributed by atoms with E-state index in [9.17, 15) is 0 Å². The maximum atomic E-state index is 2.41. The second-order valence-corrected chi connectivity index (χ2v) is 17.8. The molecule has 4 heteroatoms. The molecular formula is C66H46N4. The summed E-state index contributed by atoms with van der Waals surface area (Å²) in [7, 11) is 0. The minimum Gasteiger partial charge on any atom is -0.310 e. The van der Waals surface area contributed by atoms with Crippen molar-refractivity contribution in [2.75, 3.05) is 9.80 Å². The highest BCUT2D eigenvalue weighted by Gasteiger charge is 2.20. The largest absolute Gasteiger partial charge is 0.310 e. The Labute approximate surface area is 407 Å². The molecule has 0 bridgehead atoms. The van der Waals surface area contributed by atoms with Crippen molar-refractivity contribution in [3.63, 3.8) is 0 Å². The van der Waals surface area contributed by atoms with Gasteiger partial charge in [-0.25, -0.2) is 0 Å². The van der Waals surface area contributed by atoms with Crippen molar-refractivity contribution in [3.05, 3.63) is 279 Å². The molecule has 11 aromatic carbocycles. The molecule has 0 amide bonds.